The molecule has 0 fully saturated rings. The van der Waals surface area contributed by atoms with Gasteiger partial charge >= 0.3 is 0 Å². The topological polar surface area (TPSA) is 43.6 Å². The smallest absolute Gasteiger partial charge is 0.279 e. The van der Waals surface area contributed by atoms with E-state index in [4.69, 9.17) is 4.74 Å². The molecule has 1 amide bonds. The zero-order chi connectivity index (χ0) is 17.8. The van der Waals surface area contributed by atoms with Crippen molar-refractivity contribution in [2.45, 2.75) is 33.2 Å². The number of hydrogen-bond donors (Lipinski definition) is 0. The first-order valence-electron chi connectivity index (χ1n) is 8.51. The molecular formula is C20H22N2O2S. The molecule has 2 aromatic carbocycles. The van der Waals surface area contributed by atoms with E-state index >= 15 is 0 Å². The normalized spacial score (nSPS) is 11.9. The number of fused-ring (bicyclic) bond motifs is 1. The lowest BCUT2D eigenvalue weighted by Crippen LogP contribution is -2.16. The molecule has 0 radical (unpaired) electrons. The van der Waals surface area contributed by atoms with E-state index in [1.807, 2.05) is 6.07 Å². The molecule has 3 aromatic rings. The van der Waals surface area contributed by atoms with Gasteiger partial charge in [0.2, 0.25) is 0 Å². The summed E-state index contributed by atoms with van der Waals surface area (Å²) in [6.45, 7) is 5.12. The van der Waals surface area contributed by atoms with E-state index in [1.54, 1.807) is 36.6 Å². The second-order valence-corrected chi connectivity index (χ2v) is 6.85. The maximum atomic E-state index is 12.6. The summed E-state index contributed by atoms with van der Waals surface area (Å²) < 4.78 is 8.50. The molecule has 0 aliphatic carbocycles. The number of aromatic nitrogens is 1. The van der Waals surface area contributed by atoms with Crippen LogP contribution in [0, 0.1) is 0 Å². The van der Waals surface area contributed by atoms with Gasteiger partial charge in [-0.3, -0.25) is 4.79 Å². The Kier molecular flexibility index (Phi) is 5.34. The van der Waals surface area contributed by atoms with Crippen LogP contribution in [0.2, 0.25) is 0 Å². The number of amides is 1. The second-order valence-electron chi connectivity index (χ2n) is 5.84. The van der Waals surface area contributed by atoms with Gasteiger partial charge in [-0.05, 0) is 48.7 Å². The summed E-state index contributed by atoms with van der Waals surface area (Å²) in [5.41, 5.74) is 2.97. The van der Waals surface area contributed by atoms with E-state index in [2.05, 4.69) is 41.6 Å². The molecule has 0 aliphatic rings. The van der Waals surface area contributed by atoms with E-state index in [0.29, 0.717) is 11.3 Å². The monoisotopic (exact) mass is 354 g/mol. The fourth-order valence-corrected chi connectivity index (χ4v) is 3.89. The molecule has 0 saturated carbocycles. The van der Waals surface area contributed by atoms with E-state index in [1.165, 1.54) is 10.3 Å². The molecule has 130 valence electrons. The maximum Gasteiger partial charge on any atom is 0.279 e. The van der Waals surface area contributed by atoms with Crippen LogP contribution in [0.25, 0.3) is 10.2 Å². The number of nitrogens with zero attached hydrogens (tertiary/aromatic N) is 2. The maximum absolute atomic E-state index is 12.6. The third-order valence-electron chi connectivity index (χ3n) is 4.12. The number of carbonyl (C=O) groups excluding carboxylic acids is 1. The van der Waals surface area contributed by atoms with Gasteiger partial charge in [0.05, 0.1) is 17.3 Å². The van der Waals surface area contributed by atoms with Gasteiger partial charge < -0.3 is 9.30 Å². The number of hydrogen-bond acceptors (Lipinski definition) is 3. The zero-order valence-corrected chi connectivity index (χ0v) is 15.6. The van der Waals surface area contributed by atoms with Crippen molar-refractivity contribution in [3.8, 4) is 5.75 Å². The molecule has 0 spiro atoms. The van der Waals surface area contributed by atoms with Crippen LogP contribution >= 0.6 is 11.3 Å². The molecule has 1 heterocycles. The van der Waals surface area contributed by atoms with Gasteiger partial charge in [-0.25, -0.2) is 0 Å². The van der Waals surface area contributed by atoms with Gasteiger partial charge in [0, 0.05) is 12.1 Å². The molecule has 0 saturated heterocycles. The first kappa shape index (κ1) is 17.4. The molecule has 0 N–H and O–H groups in total. The van der Waals surface area contributed by atoms with Crippen molar-refractivity contribution in [2.24, 2.45) is 4.99 Å². The molecule has 0 atom stereocenters. The predicted molar refractivity (Wildman–Crippen MR) is 102 cm³/mol. The highest BCUT2D eigenvalue weighted by Gasteiger charge is 2.10. The van der Waals surface area contributed by atoms with Crippen molar-refractivity contribution in [1.29, 1.82) is 0 Å². The highest BCUT2D eigenvalue weighted by molar-refractivity contribution is 7.16. The lowest BCUT2D eigenvalue weighted by molar-refractivity contribution is 0.0997. The van der Waals surface area contributed by atoms with Crippen molar-refractivity contribution in [1.82, 2.24) is 4.57 Å². The van der Waals surface area contributed by atoms with Gasteiger partial charge in [0.1, 0.15) is 5.75 Å². The highest BCUT2D eigenvalue weighted by Crippen LogP contribution is 2.20. The average molecular weight is 354 g/mol. The van der Waals surface area contributed by atoms with Crippen molar-refractivity contribution >= 4 is 27.5 Å². The molecule has 5 heteroatoms. The number of methoxy groups -OCH3 is 1. The fourth-order valence-electron chi connectivity index (χ4n) is 2.77. The Hall–Kier alpha value is -2.40. The summed E-state index contributed by atoms with van der Waals surface area (Å²) in [7, 11) is 1.59. The van der Waals surface area contributed by atoms with Crippen LogP contribution in [0.15, 0.2) is 47.5 Å². The van der Waals surface area contributed by atoms with Crippen LogP contribution in [0.1, 0.15) is 36.2 Å². The summed E-state index contributed by atoms with van der Waals surface area (Å²) in [5, 5.41) is 0. The molecule has 25 heavy (non-hydrogen) atoms. The van der Waals surface area contributed by atoms with Crippen LogP contribution in [0.5, 0.6) is 5.75 Å². The quantitative estimate of drug-likeness (QED) is 0.680. The van der Waals surface area contributed by atoms with Crippen LogP contribution in [0.3, 0.4) is 0 Å². The summed E-state index contributed by atoms with van der Waals surface area (Å²) in [6.07, 6.45) is 1.98. The van der Waals surface area contributed by atoms with Crippen molar-refractivity contribution in [3.63, 3.8) is 0 Å². The first-order valence-corrected chi connectivity index (χ1v) is 9.33. The number of ether oxygens (including phenoxy) is 1. The van der Waals surface area contributed by atoms with Crippen LogP contribution in [-0.2, 0) is 13.0 Å². The summed E-state index contributed by atoms with van der Waals surface area (Å²) >= 11 is 1.57. The largest absolute Gasteiger partial charge is 0.497 e. The molecular weight excluding hydrogens is 332 g/mol. The second kappa shape index (κ2) is 7.66. The van der Waals surface area contributed by atoms with Gasteiger partial charge in [-0.1, -0.05) is 37.3 Å². The molecule has 4 nitrogen and oxygen atoms in total. The number of carbonyl (C=O) groups is 1. The summed E-state index contributed by atoms with van der Waals surface area (Å²) in [4.78, 5) is 17.8. The van der Waals surface area contributed by atoms with Gasteiger partial charge in [0.15, 0.2) is 4.80 Å². The Morgan fingerprint density at radius 1 is 1.20 bits per heavy atom. The Labute approximate surface area is 151 Å². The minimum atomic E-state index is -0.244. The standard InChI is InChI=1S/C20H22N2O2S/c1-4-11-22-17-10-9-14(5-2)12-18(17)25-20(22)21-19(23)15-7-6-8-16(13-15)24-3/h6-10,12-13H,4-5,11H2,1-3H3. The van der Waals surface area contributed by atoms with Gasteiger partial charge in [0.25, 0.3) is 5.91 Å². The number of thiazole rings is 1. The Bertz CT molecular complexity index is 969. The van der Waals surface area contributed by atoms with E-state index in [0.717, 1.165) is 29.7 Å². The summed E-state index contributed by atoms with van der Waals surface area (Å²) in [5.74, 6) is 0.414. The van der Waals surface area contributed by atoms with E-state index in [-0.39, 0.29) is 5.91 Å². The number of aryl methyl sites for hydroxylation is 2. The number of benzene rings is 2. The molecule has 3 rings (SSSR count). The lowest BCUT2D eigenvalue weighted by atomic mass is 10.2. The minimum absolute atomic E-state index is 0.244. The predicted octanol–water partition coefficient (Wildman–Crippen LogP) is 4.42. The van der Waals surface area contributed by atoms with Crippen molar-refractivity contribution in [2.75, 3.05) is 7.11 Å². The Morgan fingerprint density at radius 3 is 2.76 bits per heavy atom. The Morgan fingerprint density at radius 2 is 2.04 bits per heavy atom. The third kappa shape index (κ3) is 3.66. The van der Waals surface area contributed by atoms with Gasteiger partial charge in [-0.2, -0.15) is 4.99 Å². The third-order valence-corrected chi connectivity index (χ3v) is 5.16. The first-order chi connectivity index (χ1) is 12.2. The molecule has 1 aromatic heterocycles. The molecule has 0 bridgehead atoms. The van der Waals surface area contributed by atoms with E-state index < -0.39 is 0 Å². The minimum Gasteiger partial charge on any atom is -0.497 e. The fraction of sp³-hybridized carbons (Fsp3) is 0.300. The molecule has 0 aliphatic heterocycles. The van der Waals surface area contributed by atoms with Crippen LogP contribution in [0.4, 0.5) is 0 Å². The zero-order valence-electron chi connectivity index (χ0n) is 14.8. The average Bonchev–Trinajstić information content (AvgIpc) is 2.98. The van der Waals surface area contributed by atoms with Crippen LogP contribution in [-0.4, -0.2) is 17.6 Å². The Balaban J connectivity index is 2.10. The SMILES string of the molecule is CCCn1c(=NC(=O)c2cccc(OC)c2)sc2cc(CC)ccc21. The number of rotatable bonds is 5. The van der Waals surface area contributed by atoms with Crippen LogP contribution < -0.4 is 9.54 Å². The summed E-state index contributed by atoms with van der Waals surface area (Å²) in [6, 6.07) is 13.6. The lowest BCUT2D eigenvalue weighted by Gasteiger charge is -2.04. The van der Waals surface area contributed by atoms with E-state index in [9.17, 15) is 4.79 Å². The van der Waals surface area contributed by atoms with Crippen molar-refractivity contribution < 1.29 is 9.53 Å². The molecule has 0 unspecified atom stereocenters. The highest BCUT2D eigenvalue weighted by atomic mass is 32.1. The van der Waals surface area contributed by atoms with Crippen molar-refractivity contribution in [3.05, 3.63) is 58.4 Å². The van der Waals surface area contributed by atoms with Gasteiger partial charge in [-0.15, -0.1) is 0 Å².